The summed E-state index contributed by atoms with van der Waals surface area (Å²) in [7, 11) is 0. The van der Waals surface area contributed by atoms with Gasteiger partial charge in [-0.2, -0.15) is 0 Å². The topological polar surface area (TPSA) is 76.1 Å². The third kappa shape index (κ3) is 3.50. The largest absolute Gasteiger partial charge is 0.450 e. The van der Waals surface area contributed by atoms with Crippen molar-refractivity contribution in [3.05, 3.63) is 52.1 Å². The van der Waals surface area contributed by atoms with Crippen LogP contribution in [-0.4, -0.2) is 22.5 Å². The van der Waals surface area contributed by atoms with Gasteiger partial charge in [0.05, 0.1) is 12.6 Å². The SMILES string of the molecule is CCOC(=O)Nc1cc(=O)n(C(C)c2ccc(F)cc2)[nH]1. The third-order valence-corrected chi connectivity index (χ3v) is 3.00. The number of hydrogen-bond donors (Lipinski definition) is 2. The molecule has 0 aliphatic heterocycles. The lowest BCUT2D eigenvalue weighted by atomic mass is 10.1. The highest BCUT2D eigenvalue weighted by Gasteiger charge is 2.13. The van der Waals surface area contributed by atoms with E-state index in [1.807, 2.05) is 0 Å². The molecule has 0 aliphatic carbocycles. The van der Waals surface area contributed by atoms with Crippen molar-refractivity contribution in [3.8, 4) is 0 Å². The molecule has 0 aliphatic rings. The minimum atomic E-state index is -0.639. The molecule has 1 unspecified atom stereocenters. The van der Waals surface area contributed by atoms with Crippen molar-refractivity contribution in [2.24, 2.45) is 0 Å². The van der Waals surface area contributed by atoms with Gasteiger partial charge in [0.15, 0.2) is 0 Å². The van der Waals surface area contributed by atoms with E-state index in [0.717, 1.165) is 5.56 Å². The highest BCUT2D eigenvalue weighted by Crippen LogP contribution is 2.16. The number of aromatic nitrogens is 2. The summed E-state index contributed by atoms with van der Waals surface area (Å²) in [6, 6.07) is 6.81. The Morgan fingerprint density at radius 2 is 2.10 bits per heavy atom. The van der Waals surface area contributed by atoms with Gasteiger partial charge >= 0.3 is 6.09 Å². The number of anilines is 1. The molecule has 1 atom stereocenters. The fourth-order valence-corrected chi connectivity index (χ4v) is 1.93. The lowest BCUT2D eigenvalue weighted by Gasteiger charge is -2.13. The third-order valence-electron chi connectivity index (χ3n) is 3.00. The van der Waals surface area contributed by atoms with Crippen LogP contribution in [0.4, 0.5) is 15.0 Å². The van der Waals surface area contributed by atoms with Gasteiger partial charge in [-0.05, 0) is 31.5 Å². The van der Waals surface area contributed by atoms with Crippen LogP contribution in [0.1, 0.15) is 25.5 Å². The molecule has 0 spiro atoms. The maximum atomic E-state index is 12.9. The summed E-state index contributed by atoms with van der Waals surface area (Å²) >= 11 is 0. The quantitative estimate of drug-likeness (QED) is 0.909. The van der Waals surface area contributed by atoms with Gasteiger partial charge in [-0.25, -0.2) is 13.9 Å². The zero-order valence-corrected chi connectivity index (χ0v) is 11.7. The first-order valence-electron chi connectivity index (χ1n) is 6.52. The number of carbonyl (C=O) groups is 1. The predicted molar refractivity (Wildman–Crippen MR) is 75.9 cm³/mol. The molecule has 2 rings (SSSR count). The Kier molecular flexibility index (Phi) is 4.42. The van der Waals surface area contributed by atoms with Crippen molar-refractivity contribution >= 4 is 11.9 Å². The second-order valence-corrected chi connectivity index (χ2v) is 4.45. The number of carbonyl (C=O) groups excluding carboxylic acids is 1. The second-order valence-electron chi connectivity index (χ2n) is 4.45. The van der Waals surface area contributed by atoms with Crippen LogP contribution in [-0.2, 0) is 4.74 Å². The molecule has 0 radical (unpaired) electrons. The van der Waals surface area contributed by atoms with E-state index in [0.29, 0.717) is 0 Å². The monoisotopic (exact) mass is 293 g/mol. The first-order valence-corrected chi connectivity index (χ1v) is 6.52. The molecule has 1 heterocycles. The van der Waals surface area contributed by atoms with Crippen LogP contribution in [0.5, 0.6) is 0 Å². The first kappa shape index (κ1) is 14.8. The Bertz CT molecular complexity index is 676. The Balaban J connectivity index is 2.20. The van der Waals surface area contributed by atoms with Crippen molar-refractivity contribution in [3.63, 3.8) is 0 Å². The van der Waals surface area contributed by atoms with Crippen LogP contribution in [0.2, 0.25) is 0 Å². The zero-order valence-electron chi connectivity index (χ0n) is 11.7. The second kappa shape index (κ2) is 6.25. The highest BCUT2D eigenvalue weighted by molar-refractivity contribution is 5.83. The molecule has 21 heavy (non-hydrogen) atoms. The first-order chi connectivity index (χ1) is 10.0. The standard InChI is InChI=1S/C14H16FN3O3/c1-3-21-14(20)16-12-8-13(19)18(17-12)9(2)10-4-6-11(15)7-5-10/h4-9,17H,3H2,1-2H3,(H,16,20). The van der Waals surface area contributed by atoms with Crippen molar-refractivity contribution in [1.29, 1.82) is 0 Å². The van der Waals surface area contributed by atoms with Crippen LogP contribution in [0.3, 0.4) is 0 Å². The smallest absolute Gasteiger partial charge is 0.412 e. The summed E-state index contributed by atoms with van der Waals surface area (Å²) in [4.78, 5) is 23.2. The van der Waals surface area contributed by atoms with Gasteiger partial charge < -0.3 is 4.74 Å². The highest BCUT2D eigenvalue weighted by atomic mass is 19.1. The van der Waals surface area contributed by atoms with E-state index in [1.54, 1.807) is 26.0 Å². The molecular formula is C14H16FN3O3. The lowest BCUT2D eigenvalue weighted by Crippen LogP contribution is -2.21. The predicted octanol–water partition coefficient (Wildman–Crippen LogP) is 2.49. The Morgan fingerprint density at radius 3 is 2.71 bits per heavy atom. The normalized spacial score (nSPS) is 12.0. The average Bonchev–Trinajstić information content (AvgIpc) is 2.79. The van der Waals surface area contributed by atoms with Crippen LogP contribution in [0, 0.1) is 5.82 Å². The summed E-state index contributed by atoms with van der Waals surface area (Å²) in [6.07, 6.45) is -0.639. The molecule has 2 aromatic rings. The van der Waals surface area contributed by atoms with Crippen LogP contribution in [0.25, 0.3) is 0 Å². The van der Waals surface area contributed by atoms with E-state index >= 15 is 0 Å². The molecular weight excluding hydrogens is 277 g/mol. The number of halogens is 1. The van der Waals surface area contributed by atoms with E-state index in [-0.39, 0.29) is 29.8 Å². The Morgan fingerprint density at radius 1 is 1.43 bits per heavy atom. The molecule has 0 bridgehead atoms. The molecule has 1 aromatic heterocycles. The summed E-state index contributed by atoms with van der Waals surface area (Å²) in [5.41, 5.74) is 0.460. The van der Waals surface area contributed by atoms with Crippen molar-refractivity contribution in [2.45, 2.75) is 19.9 Å². The van der Waals surface area contributed by atoms with Gasteiger partial charge in [0, 0.05) is 6.07 Å². The van der Waals surface area contributed by atoms with E-state index in [2.05, 4.69) is 10.4 Å². The minimum absolute atomic E-state index is 0.239. The molecule has 0 saturated heterocycles. The van der Waals surface area contributed by atoms with Crippen LogP contribution in [0.15, 0.2) is 35.1 Å². The number of benzene rings is 1. The van der Waals surface area contributed by atoms with E-state index in [4.69, 9.17) is 4.74 Å². The molecule has 0 fully saturated rings. The van der Waals surface area contributed by atoms with Gasteiger partial charge in [-0.1, -0.05) is 12.1 Å². The van der Waals surface area contributed by atoms with Gasteiger partial charge in [0.1, 0.15) is 11.6 Å². The molecule has 2 N–H and O–H groups in total. The Hall–Kier alpha value is -2.57. The number of H-pyrrole nitrogens is 1. The van der Waals surface area contributed by atoms with Gasteiger partial charge in [0.25, 0.3) is 5.56 Å². The molecule has 6 nitrogen and oxygen atoms in total. The Labute approximate surface area is 120 Å². The summed E-state index contributed by atoms with van der Waals surface area (Å²) in [5.74, 6) is -0.0955. The lowest BCUT2D eigenvalue weighted by molar-refractivity contribution is 0.168. The van der Waals surface area contributed by atoms with Crippen LogP contribution >= 0.6 is 0 Å². The van der Waals surface area contributed by atoms with Crippen molar-refractivity contribution in [2.75, 3.05) is 11.9 Å². The maximum Gasteiger partial charge on any atom is 0.412 e. The number of nitrogens with zero attached hydrogens (tertiary/aromatic N) is 1. The summed E-state index contributed by atoms with van der Waals surface area (Å²) in [5, 5.41) is 5.20. The van der Waals surface area contributed by atoms with Gasteiger partial charge in [-0.15, -0.1) is 0 Å². The minimum Gasteiger partial charge on any atom is -0.450 e. The molecule has 7 heteroatoms. The summed E-state index contributed by atoms with van der Waals surface area (Å²) < 4.78 is 19.0. The van der Waals surface area contributed by atoms with E-state index < -0.39 is 6.09 Å². The number of amides is 1. The fraction of sp³-hybridized carbons (Fsp3) is 0.286. The average molecular weight is 293 g/mol. The number of ether oxygens (including phenoxy) is 1. The van der Waals surface area contributed by atoms with E-state index in [1.165, 1.54) is 22.9 Å². The van der Waals surface area contributed by atoms with Crippen LogP contribution < -0.4 is 10.9 Å². The number of nitrogens with one attached hydrogen (secondary N) is 2. The zero-order chi connectivity index (χ0) is 15.4. The van der Waals surface area contributed by atoms with Crippen molar-refractivity contribution in [1.82, 2.24) is 9.78 Å². The molecule has 1 amide bonds. The fourth-order valence-electron chi connectivity index (χ4n) is 1.93. The number of hydrogen-bond acceptors (Lipinski definition) is 3. The molecule has 0 saturated carbocycles. The maximum absolute atomic E-state index is 12.9. The number of rotatable bonds is 4. The molecule has 1 aromatic carbocycles. The van der Waals surface area contributed by atoms with Gasteiger partial charge in [-0.3, -0.25) is 15.2 Å². The number of aromatic amines is 1. The van der Waals surface area contributed by atoms with Gasteiger partial charge in [0.2, 0.25) is 0 Å². The molecule has 112 valence electrons. The summed E-state index contributed by atoms with van der Waals surface area (Å²) in [6.45, 7) is 3.71. The van der Waals surface area contributed by atoms with Crippen molar-refractivity contribution < 1.29 is 13.9 Å². The van der Waals surface area contributed by atoms with E-state index in [9.17, 15) is 14.0 Å².